The lowest BCUT2D eigenvalue weighted by molar-refractivity contribution is 0.00489. The van der Waals surface area contributed by atoms with E-state index in [1.807, 2.05) is 37.8 Å². The van der Waals surface area contributed by atoms with E-state index >= 15 is 0 Å². The summed E-state index contributed by atoms with van der Waals surface area (Å²) in [5.74, 6) is 1.86. The average Bonchev–Trinajstić information content (AvgIpc) is 3.11. The van der Waals surface area contributed by atoms with Gasteiger partial charge in [-0.3, -0.25) is 0 Å². The molecule has 192 valence electrons. The minimum absolute atomic E-state index is 0.123. The first-order chi connectivity index (χ1) is 17.2. The Hall–Kier alpha value is -2.29. The number of ether oxygens (including phenoxy) is 3. The molecule has 2 fully saturated rings. The number of hydrogen-bond donors (Lipinski definition) is 0. The van der Waals surface area contributed by atoms with Crippen LogP contribution in [-0.2, 0) is 9.47 Å². The lowest BCUT2D eigenvalue weighted by atomic mass is 9.83. The molecule has 3 aliphatic heterocycles. The van der Waals surface area contributed by atoms with Gasteiger partial charge in [0.1, 0.15) is 17.0 Å². The normalized spacial score (nSPS) is 23.2. The van der Waals surface area contributed by atoms with Crippen LogP contribution in [0.3, 0.4) is 0 Å². The zero-order valence-corrected chi connectivity index (χ0v) is 22.7. The number of amides is 1. The predicted molar refractivity (Wildman–Crippen MR) is 141 cm³/mol. The lowest BCUT2D eigenvalue weighted by Crippen LogP contribution is -2.48. The molecule has 1 aromatic carbocycles. The van der Waals surface area contributed by atoms with Crippen molar-refractivity contribution < 1.29 is 19.0 Å². The molecule has 2 aromatic rings. The van der Waals surface area contributed by atoms with E-state index < -0.39 is 5.60 Å². The Labute approximate surface area is 221 Å². The summed E-state index contributed by atoms with van der Waals surface area (Å²) < 4.78 is 16.5. The van der Waals surface area contributed by atoms with E-state index in [2.05, 4.69) is 17.2 Å². The van der Waals surface area contributed by atoms with Gasteiger partial charge in [0.05, 0.1) is 5.69 Å². The molecule has 2 saturated heterocycles. The zero-order chi connectivity index (χ0) is 25.4. The number of carbonyl (C=O) groups excluding carboxylic acids is 1. The Balaban J connectivity index is 1.37. The second kappa shape index (κ2) is 10.2. The van der Waals surface area contributed by atoms with E-state index in [0.29, 0.717) is 16.7 Å². The van der Waals surface area contributed by atoms with Gasteiger partial charge >= 0.3 is 6.09 Å². The van der Waals surface area contributed by atoms with Gasteiger partial charge in [0, 0.05) is 40.4 Å². The zero-order valence-electron chi connectivity index (χ0n) is 21.1. The third-order valence-electron chi connectivity index (χ3n) is 6.90. The Bertz CT molecular complexity index is 1170. The molecule has 0 saturated carbocycles. The highest BCUT2D eigenvalue weighted by Crippen LogP contribution is 2.47. The number of carbonyl (C=O) groups is 1. The fraction of sp³-hybridized carbons (Fsp3) is 0.519. The molecule has 0 N–H and O–H groups in total. The molecule has 0 aliphatic carbocycles. The summed E-state index contributed by atoms with van der Waals surface area (Å²) in [4.78, 5) is 16.0. The maximum Gasteiger partial charge on any atom is 0.410 e. The number of methoxy groups -OCH3 is 1. The number of piperidine rings is 1. The minimum atomic E-state index is -0.485. The van der Waals surface area contributed by atoms with Crippen LogP contribution in [0.4, 0.5) is 4.79 Å². The van der Waals surface area contributed by atoms with Crippen LogP contribution >= 0.6 is 23.4 Å². The van der Waals surface area contributed by atoms with E-state index in [9.17, 15) is 4.79 Å². The van der Waals surface area contributed by atoms with Crippen molar-refractivity contribution in [3.63, 3.8) is 0 Å². The summed E-state index contributed by atoms with van der Waals surface area (Å²) in [7, 11) is 1.58. The largest absolute Gasteiger partial charge is 0.467 e. The number of thioether (sulfide) groups is 1. The molecular weight excluding hydrogens is 498 g/mol. The van der Waals surface area contributed by atoms with Crippen molar-refractivity contribution in [1.82, 2.24) is 15.1 Å². The van der Waals surface area contributed by atoms with Gasteiger partial charge in [-0.05, 0) is 82.2 Å². The molecule has 4 heterocycles. The molecule has 36 heavy (non-hydrogen) atoms. The van der Waals surface area contributed by atoms with Gasteiger partial charge in [-0.2, -0.15) is 0 Å². The highest BCUT2D eigenvalue weighted by atomic mass is 35.5. The number of hydrogen-bond acceptors (Lipinski definition) is 7. The summed E-state index contributed by atoms with van der Waals surface area (Å²) in [6.07, 6.45) is 6.04. The standard InChI is InChI=1S/C27H32ClN3O4S/c1-27(2,3)35-26(32)31-18-6-7-19(31)12-16(11-18)20-9-10-36-24-14-22(29-30-25(20)24)21-8-5-17(28)13-23(21)34-15-33-4/h5,8-9,13-14,16,18-19H,6-7,10-12,15H2,1-4H3/t16?,18-,19+. The van der Waals surface area contributed by atoms with Crippen LogP contribution < -0.4 is 4.74 Å². The fourth-order valence-corrected chi connectivity index (χ4v) is 6.58. The number of aromatic nitrogens is 2. The van der Waals surface area contributed by atoms with Crippen LogP contribution in [0.1, 0.15) is 52.1 Å². The third kappa shape index (κ3) is 5.22. The fourth-order valence-electron chi connectivity index (χ4n) is 5.49. The van der Waals surface area contributed by atoms with E-state index in [4.69, 9.17) is 30.9 Å². The van der Waals surface area contributed by atoms with Gasteiger partial charge < -0.3 is 19.1 Å². The summed E-state index contributed by atoms with van der Waals surface area (Å²) in [5.41, 5.74) is 3.30. The number of benzene rings is 1. The van der Waals surface area contributed by atoms with Gasteiger partial charge in [0.25, 0.3) is 0 Å². The smallest absolute Gasteiger partial charge is 0.410 e. The molecule has 9 heteroatoms. The Kier molecular flexibility index (Phi) is 7.21. The topological polar surface area (TPSA) is 73.8 Å². The first kappa shape index (κ1) is 25.4. The van der Waals surface area contributed by atoms with E-state index in [1.54, 1.807) is 24.9 Å². The second-order valence-electron chi connectivity index (χ2n) is 10.5. The molecule has 3 atom stereocenters. The number of allylic oxidation sites excluding steroid dienone is 1. The Morgan fingerprint density at radius 1 is 1.17 bits per heavy atom. The van der Waals surface area contributed by atoms with Crippen molar-refractivity contribution in [2.45, 2.75) is 69.0 Å². The maximum atomic E-state index is 12.9. The minimum Gasteiger partial charge on any atom is -0.467 e. The summed E-state index contributed by atoms with van der Waals surface area (Å²) in [6, 6.07) is 8.01. The third-order valence-corrected chi connectivity index (χ3v) is 8.09. The molecule has 5 rings (SSSR count). The van der Waals surface area contributed by atoms with Gasteiger partial charge in [-0.25, -0.2) is 4.79 Å². The van der Waals surface area contributed by atoms with E-state index in [0.717, 1.165) is 53.3 Å². The summed E-state index contributed by atoms with van der Waals surface area (Å²) in [5, 5.41) is 9.88. The molecule has 3 aliphatic rings. The van der Waals surface area contributed by atoms with E-state index in [1.165, 1.54) is 5.57 Å². The van der Waals surface area contributed by atoms with Crippen molar-refractivity contribution >= 4 is 35.0 Å². The molecule has 0 radical (unpaired) electrons. The predicted octanol–water partition coefficient (Wildman–Crippen LogP) is 6.45. The Morgan fingerprint density at radius 3 is 2.61 bits per heavy atom. The van der Waals surface area contributed by atoms with Crippen LogP contribution in [0.15, 0.2) is 35.2 Å². The number of nitrogens with zero attached hydrogens (tertiary/aromatic N) is 3. The number of halogens is 1. The molecule has 0 spiro atoms. The van der Waals surface area contributed by atoms with Crippen molar-refractivity contribution in [3.8, 4) is 17.0 Å². The van der Waals surface area contributed by atoms with Gasteiger partial charge in [-0.1, -0.05) is 17.7 Å². The summed E-state index contributed by atoms with van der Waals surface area (Å²) in [6.45, 7) is 5.89. The maximum absolute atomic E-state index is 12.9. The monoisotopic (exact) mass is 529 g/mol. The van der Waals surface area contributed by atoms with Gasteiger partial charge in [0.15, 0.2) is 6.79 Å². The first-order valence-electron chi connectivity index (χ1n) is 12.4. The average molecular weight is 530 g/mol. The second-order valence-corrected chi connectivity index (χ2v) is 12.0. The molecule has 1 unspecified atom stereocenters. The molecular formula is C27H32ClN3O4S. The van der Waals surface area contributed by atoms with Crippen LogP contribution in [0.2, 0.25) is 5.02 Å². The van der Waals surface area contributed by atoms with Gasteiger partial charge in [-0.15, -0.1) is 22.0 Å². The molecule has 7 nitrogen and oxygen atoms in total. The highest BCUT2D eigenvalue weighted by Gasteiger charge is 2.46. The number of rotatable bonds is 5. The number of fused-ring (bicyclic) bond motifs is 3. The highest BCUT2D eigenvalue weighted by molar-refractivity contribution is 7.99. The van der Waals surface area contributed by atoms with Crippen LogP contribution in [-0.4, -0.2) is 58.5 Å². The van der Waals surface area contributed by atoms with Crippen LogP contribution in [0, 0.1) is 5.92 Å². The van der Waals surface area contributed by atoms with Gasteiger partial charge in [0.2, 0.25) is 0 Å². The van der Waals surface area contributed by atoms with Crippen LogP contribution in [0.25, 0.3) is 16.8 Å². The van der Waals surface area contributed by atoms with Crippen molar-refractivity contribution in [3.05, 3.63) is 41.1 Å². The van der Waals surface area contributed by atoms with Crippen molar-refractivity contribution in [1.29, 1.82) is 0 Å². The Morgan fingerprint density at radius 2 is 1.92 bits per heavy atom. The first-order valence-corrected chi connectivity index (χ1v) is 13.7. The SMILES string of the molecule is COCOc1cc(Cl)ccc1-c1cc2c(nn1)C(C1C[C@H]3CC[C@@H](C1)N3C(=O)OC(C)(C)C)=CCS2. The van der Waals surface area contributed by atoms with Crippen molar-refractivity contribution in [2.75, 3.05) is 19.7 Å². The molecule has 2 bridgehead atoms. The molecule has 1 aromatic heterocycles. The summed E-state index contributed by atoms with van der Waals surface area (Å²) >= 11 is 7.96. The quantitative estimate of drug-likeness (QED) is 0.412. The molecule has 1 amide bonds. The van der Waals surface area contributed by atoms with Crippen molar-refractivity contribution in [2.24, 2.45) is 5.92 Å². The van der Waals surface area contributed by atoms with E-state index in [-0.39, 0.29) is 25.0 Å². The van der Waals surface area contributed by atoms with Crippen LogP contribution in [0.5, 0.6) is 5.75 Å². The lowest BCUT2D eigenvalue weighted by Gasteiger charge is -2.40.